The van der Waals surface area contributed by atoms with Crippen molar-refractivity contribution in [2.75, 3.05) is 5.32 Å². The van der Waals surface area contributed by atoms with E-state index >= 15 is 0 Å². The van der Waals surface area contributed by atoms with Crippen LogP contribution in [-0.4, -0.2) is 6.41 Å². The third kappa shape index (κ3) is 2.60. The average molecular weight is 213 g/mol. The molecule has 0 aromatic heterocycles. The first-order valence-corrected chi connectivity index (χ1v) is 4.91. The molecule has 80 valence electrons. The van der Waals surface area contributed by atoms with Crippen LogP contribution in [0, 0.1) is 0 Å². The zero-order valence-electron chi connectivity index (χ0n) is 8.59. The van der Waals surface area contributed by atoms with Gasteiger partial charge in [-0.2, -0.15) is 0 Å². The Morgan fingerprint density at radius 1 is 0.938 bits per heavy atom. The second kappa shape index (κ2) is 4.98. The van der Waals surface area contributed by atoms with Gasteiger partial charge in [0.25, 0.3) is 0 Å². The minimum absolute atomic E-state index is 0.641. The molecule has 1 N–H and O–H groups in total. The van der Waals surface area contributed by atoms with Gasteiger partial charge >= 0.3 is 0 Å². The van der Waals surface area contributed by atoms with E-state index in [0.29, 0.717) is 17.8 Å². The fourth-order valence-corrected chi connectivity index (χ4v) is 1.34. The first-order valence-electron chi connectivity index (χ1n) is 4.91. The Balaban J connectivity index is 2.15. The normalized spacial score (nSPS) is 9.50. The van der Waals surface area contributed by atoms with Crippen molar-refractivity contribution in [2.24, 2.45) is 0 Å². The molecule has 0 unspecified atom stereocenters. The molecule has 0 fully saturated rings. The van der Waals surface area contributed by atoms with E-state index in [1.54, 1.807) is 12.1 Å². The standard InChI is InChI=1S/C13H11NO2/c15-10-14-11-5-4-8-13(9-11)16-12-6-2-1-3-7-12/h1-10H,(H,14,15). The van der Waals surface area contributed by atoms with Gasteiger partial charge in [0.1, 0.15) is 11.5 Å². The van der Waals surface area contributed by atoms with Crippen LogP contribution in [0.3, 0.4) is 0 Å². The highest BCUT2D eigenvalue weighted by atomic mass is 16.5. The lowest BCUT2D eigenvalue weighted by Crippen LogP contribution is -1.93. The number of benzene rings is 2. The molecule has 2 aromatic rings. The maximum Gasteiger partial charge on any atom is 0.211 e. The van der Waals surface area contributed by atoms with Crippen molar-refractivity contribution in [1.29, 1.82) is 0 Å². The molecular formula is C13H11NO2. The van der Waals surface area contributed by atoms with Crippen molar-refractivity contribution in [3.63, 3.8) is 0 Å². The summed E-state index contributed by atoms with van der Waals surface area (Å²) in [7, 11) is 0. The number of ether oxygens (including phenoxy) is 1. The molecule has 0 spiro atoms. The highest BCUT2D eigenvalue weighted by molar-refractivity contribution is 5.71. The van der Waals surface area contributed by atoms with Crippen molar-refractivity contribution in [1.82, 2.24) is 0 Å². The van der Waals surface area contributed by atoms with E-state index in [9.17, 15) is 4.79 Å². The summed E-state index contributed by atoms with van der Waals surface area (Å²) in [6, 6.07) is 16.7. The van der Waals surface area contributed by atoms with Crippen molar-refractivity contribution < 1.29 is 9.53 Å². The van der Waals surface area contributed by atoms with Gasteiger partial charge in [-0.3, -0.25) is 4.79 Å². The fourth-order valence-electron chi connectivity index (χ4n) is 1.34. The lowest BCUT2D eigenvalue weighted by atomic mass is 10.3. The summed E-state index contributed by atoms with van der Waals surface area (Å²) in [6.07, 6.45) is 0.641. The van der Waals surface area contributed by atoms with Gasteiger partial charge in [-0.15, -0.1) is 0 Å². The van der Waals surface area contributed by atoms with E-state index in [4.69, 9.17) is 4.74 Å². The number of anilines is 1. The van der Waals surface area contributed by atoms with Crippen LogP contribution in [0.5, 0.6) is 11.5 Å². The summed E-state index contributed by atoms with van der Waals surface area (Å²) in [5, 5.41) is 2.57. The highest BCUT2D eigenvalue weighted by Crippen LogP contribution is 2.23. The van der Waals surface area contributed by atoms with Gasteiger partial charge in [-0.25, -0.2) is 0 Å². The van der Waals surface area contributed by atoms with E-state index in [1.807, 2.05) is 42.5 Å². The number of amides is 1. The molecule has 0 heterocycles. The average Bonchev–Trinajstić information content (AvgIpc) is 2.31. The predicted molar refractivity (Wildman–Crippen MR) is 62.6 cm³/mol. The number of carbonyl (C=O) groups excluding carboxylic acids is 1. The maximum absolute atomic E-state index is 10.3. The molecule has 0 atom stereocenters. The van der Waals surface area contributed by atoms with E-state index < -0.39 is 0 Å². The van der Waals surface area contributed by atoms with Gasteiger partial charge in [-0.05, 0) is 24.3 Å². The van der Waals surface area contributed by atoms with Crippen LogP contribution in [0.2, 0.25) is 0 Å². The smallest absolute Gasteiger partial charge is 0.211 e. The molecule has 2 rings (SSSR count). The summed E-state index contributed by atoms with van der Waals surface area (Å²) in [4.78, 5) is 10.3. The minimum Gasteiger partial charge on any atom is -0.457 e. The summed E-state index contributed by atoms with van der Waals surface area (Å²) in [6.45, 7) is 0. The molecular weight excluding hydrogens is 202 g/mol. The van der Waals surface area contributed by atoms with Crippen molar-refractivity contribution in [2.45, 2.75) is 0 Å². The molecule has 0 aliphatic rings. The number of carbonyl (C=O) groups is 1. The van der Waals surface area contributed by atoms with E-state index in [-0.39, 0.29) is 0 Å². The SMILES string of the molecule is O=CNc1cccc(Oc2ccccc2)c1. The lowest BCUT2D eigenvalue weighted by molar-refractivity contribution is -0.105. The number of para-hydroxylation sites is 1. The van der Waals surface area contributed by atoms with Crippen LogP contribution < -0.4 is 10.1 Å². The number of hydrogen-bond donors (Lipinski definition) is 1. The van der Waals surface area contributed by atoms with E-state index in [1.165, 1.54) is 0 Å². The first kappa shape index (κ1) is 10.2. The van der Waals surface area contributed by atoms with Gasteiger partial charge in [0, 0.05) is 11.8 Å². The highest BCUT2D eigenvalue weighted by Gasteiger charge is 1.97. The monoisotopic (exact) mass is 213 g/mol. The summed E-state index contributed by atoms with van der Waals surface area (Å²) in [5.74, 6) is 1.46. The zero-order valence-corrected chi connectivity index (χ0v) is 8.59. The van der Waals surface area contributed by atoms with Gasteiger partial charge in [0.05, 0.1) is 0 Å². The lowest BCUT2D eigenvalue weighted by Gasteiger charge is -2.06. The molecule has 3 nitrogen and oxygen atoms in total. The van der Waals surface area contributed by atoms with Crippen LogP contribution in [0.15, 0.2) is 54.6 Å². The van der Waals surface area contributed by atoms with Gasteiger partial charge < -0.3 is 10.1 Å². The number of nitrogens with one attached hydrogen (secondary N) is 1. The molecule has 1 amide bonds. The Morgan fingerprint density at radius 3 is 2.44 bits per heavy atom. The molecule has 0 radical (unpaired) electrons. The molecule has 2 aromatic carbocycles. The van der Waals surface area contributed by atoms with E-state index in [0.717, 1.165) is 5.75 Å². The Kier molecular flexibility index (Phi) is 3.18. The topological polar surface area (TPSA) is 38.3 Å². The molecule has 0 saturated heterocycles. The fraction of sp³-hybridized carbons (Fsp3) is 0. The van der Waals surface area contributed by atoms with Crippen molar-refractivity contribution in [3.05, 3.63) is 54.6 Å². The third-order valence-electron chi connectivity index (χ3n) is 2.04. The molecule has 3 heteroatoms. The second-order valence-corrected chi connectivity index (χ2v) is 3.21. The Labute approximate surface area is 93.7 Å². The summed E-state index contributed by atoms with van der Waals surface area (Å²) >= 11 is 0. The largest absolute Gasteiger partial charge is 0.457 e. The van der Waals surface area contributed by atoms with E-state index in [2.05, 4.69) is 5.32 Å². The Morgan fingerprint density at radius 2 is 1.69 bits per heavy atom. The predicted octanol–water partition coefficient (Wildman–Crippen LogP) is 3.05. The van der Waals surface area contributed by atoms with Crippen molar-refractivity contribution in [3.8, 4) is 11.5 Å². The maximum atomic E-state index is 10.3. The Bertz CT molecular complexity index is 468. The van der Waals surface area contributed by atoms with Crippen LogP contribution >= 0.6 is 0 Å². The van der Waals surface area contributed by atoms with Crippen LogP contribution in [-0.2, 0) is 4.79 Å². The van der Waals surface area contributed by atoms with Gasteiger partial charge in [0.15, 0.2) is 0 Å². The molecule has 0 bridgehead atoms. The summed E-state index contributed by atoms with van der Waals surface area (Å²) in [5.41, 5.74) is 0.712. The van der Waals surface area contributed by atoms with Crippen LogP contribution in [0.25, 0.3) is 0 Å². The molecule has 0 aliphatic heterocycles. The third-order valence-corrected chi connectivity index (χ3v) is 2.04. The summed E-state index contributed by atoms with van der Waals surface area (Å²) < 4.78 is 5.61. The quantitative estimate of drug-likeness (QED) is 0.793. The first-order chi connectivity index (χ1) is 7.88. The van der Waals surface area contributed by atoms with Crippen LogP contribution in [0.1, 0.15) is 0 Å². The Hall–Kier alpha value is -2.29. The second-order valence-electron chi connectivity index (χ2n) is 3.21. The van der Waals surface area contributed by atoms with Gasteiger partial charge in [0.2, 0.25) is 6.41 Å². The molecule has 16 heavy (non-hydrogen) atoms. The number of hydrogen-bond acceptors (Lipinski definition) is 2. The van der Waals surface area contributed by atoms with Gasteiger partial charge in [-0.1, -0.05) is 24.3 Å². The van der Waals surface area contributed by atoms with Crippen molar-refractivity contribution >= 4 is 12.1 Å². The minimum atomic E-state index is 0.641. The molecule has 0 aliphatic carbocycles. The zero-order chi connectivity index (χ0) is 11.2. The molecule has 0 saturated carbocycles. The number of rotatable bonds is 4. The van der Waals surface area contributed by atoms with Crippen LogP contribution in [0.4, 0.5) is 5.69 Å².